The second kappa shape index (κ2) is 5.01. The van der Waals surface area contributed by atoms with Crippen molar-refractivity contribution < 1.29 is 0 Å². The molecule has 0 radical (unpaired) electrons. The third-order valence-electron chi connectivity index (χ3n) is 3.75. The molecule has 2 aromatic rings. The third kappa shape index (κ3) is 2.26. The lowest BCUT2D eigenvalue weighted by Crippen LogP contribution is -2.00. The quantitative estimate of drug-likeness (QED) is 0.712. The molecule has 2 nitrogen and oxygen atoms in total. The Bertz CT molecular complexity index is 649. The van der Waals surface area contributed by atoms with Crippen LogP contribution in [0.25, 0.3) is 10.9 Å². The Balaban J connectivity index is 2.25. The van der Waals surface area contributed by atoms with E-state index in [2.05, 4.69) is 4.98 Å². The highest BCUT2D eigenvalue weighted by molar-refractivity contribution is 6.48. The van der Waals surface area contributed by atoms with Crippen molar-refractivity contribution in [2.24, 2.45) is 0 Å². The Morgan fingerprint density at radius 3 is 2.42 bits per heavy atom. The fourth-order valence-electron chi connectivity index (χ4n) is 2.78. The molecule has 2 N–H and O–H groups in total. The van der Waals surface area contributed by atoms with Gasteiger partial charge in [0.25, 0.3) is 0 Å². The van der Waals surface area contributed by atoms with Gasteiger partial charge in [0.1, 0.15) is 0 Å². The molecule has 1 fully saturated rings. The maximum atomic E-state index is 6.22. The summed E-state index contributed by atoms with van der Waals surface area (Å²) in [6, 6.07) is 3.54. The first-order chi connectivity index (χ1) is 9.08. The van der Waals surface area contributed by atoms with Gasteiger partial charge in [-0.25, -0.2) is 0 Å². The number of nitrogens with zero attached hydrogens (tertiary/aromatic N) is 1. The van der Waals surface area contributed by atoms with Crippen LogP contribution in [0.4, 0.5) is 5.69 Å². The summed E-state index contributed by atoms with van der Waals surface area (Å²) in [5, 5.41) is 1.97. The van der Waals surface area contributed by atoms with E-state index in [4.69, 9.17) is 40.5 Å². The van der Waals surface area contributed by atoms with E-state index in [-0.39, 0.29) is 0 Å². The van der Waals surface area contributed by atoms with Crippen LogP contribution >= 0.6 is 34.8 Å². The Hall–Kier alpha value is -0.700. The molecule has 1 aliphatic rings. The van der Waals surface area contributed by atoms with Crippen molar-refractivity contribution in [3.8, 4) is 0 Å². The van der Waals surface area contributed by atoms with E-state index in [1.807, 2.05) is 6.07 Å². The van der Waals surface area contributed by atoms with E-state index in [9.17, 15) is 0 Å². The summed E-state index contributed by atoms with van der Waals surface area (Å²) in [5.74, 6) is 0.484. The second-order valence-corrected chi connectivity index (χ2v) is 6.19. The third-order valence-corrected chi connectivity index (χ3v) is 4.83. The standard InChI is InChI=1S/C14H13Cl3N2/c15-8-5-9(16)14-12(13(8)17)10(18)6-11(19-14)7-3-1-2-4-7/h5-7H,1-4H2,(H2,18,19). The monoisotopic (exact) mass is 314 g/mol. The van der Waals surface area contributed by atoms with Gasteiger partial charge in [-0.3, -0.25) is 4.98 Å². The van der Waals surface area contributed by atoms with Crippen LogP contribution in [-0.2, 0) is 0 Å². The maximum absolute atomic E-state index is 6.22. The lowest BCUT2D eigenvalue weighted by molar-refractivity contribution is 0.701. The van der Waals surface area contributed by atoms with Crippen LogP contribution in [0.2, 0.25) is 15.1 Å². The van der Waals surface area contributed by atoms with Gasteiger partial charge in [-0.05, 0) is 25.0 Å². The number of nitrogen functional groups attached to an aromatic ring is 1. The average molecular weight is 316 g/mol. The van der Waals surface area contributed by atoms with Crippen LogP contribution in [0.3, 0.4) is 0 Å². The number of hydrogen-bond acceptors (Lipinski definition) is 2. The largest absolute Gasteiger partial charge is 0.398 e. The van der Waals surface area contributed by atoms with Crippen molar-refractivity contribution in [1.29, 1.82) is 0 Å². The van der Waals surface area contributed by atoms with Gasteiger partial charge in [0, 0.05) is 22.7 Å². The topological polar surface area (TPSA) is 38.9 Å². The summed E-state index contributed by atoms with van der Waals surface area (Å²) in [6.07, 6.45) is 4.83. The van der Waals surface area contributed by atoms with Gasteiger partial charge in [-0.15, -0.1) is 0 Å². The van der Waals surface area contributed by atoms with Crippen molar-refractivity contribution in [2.75, 3.05) is 5.73 Å². The summed E-state index contributed by atoms with van der Waals surface area (Å²) in [6.45, 7) is 0. The first-order valence-electron chi connectivity index (χ1n) is 6.31. The fraction of sp³-hybridized carbons (Fsp3) is 0.357. The SMILES string of the molecule is Nc1cc(C2CCCC2)nc2c(Cl)cc(Cl)c(Cl)c12. The molecule has 5 heteroatoms. The summed E-state index contributed by atoms with van der Waals surface area (Å²) in [4.78, 5) is 4.66. The van der Waals surface area contributed by atoms with Crippen LogP contribution in [0.5, 0.6) is 0 Å². The van der Waals surface area contributed by atoms with Crippen LogP contribution in [0, 0.1) is 0 Å². The Morgan fingerprint density at radius 1 is 1.05 bits per heavy atom. The minimum Gasteiger partial charge on any atom is -0.398 e. The molecule has 0 unspecified atom stereocenters. The molecule has 1 aliphatic carbocycles. The van der Waals surface area contributed by atoms with Crippen molar-refractivity contribution in [2.45, 2.75) is 31.6 Å². The van der Waals surface area contributed by atoms with Gasteiger partial charge >= 0.3 is 0 Å². The minimum atomic E-state index is 0.404. The van der Waals surface area contributed by atoms with E-state index in [0.717, 1.165) is 18.5 Å². The van der Waals surface area contributed by atoms with Gasteiger partial charge in [0.2, 0.25) is 0 Å². The van der Waals surface area contributed by atoms with Crippen LogP contribution in [-0.4, -0.2) is 4.98 Å². The number of fused-ring (bicyclic) bond motifs is 1. The molecule has 19 heavy (non-hydrogen) atoms. The zero-order valence-electron chi connectivity index (χ0n) is 10.2. The van der Waals surface area contributed by atoms with E-state index >= 15 is 0 Å². The molecule has 3 rings (SSSR count). The lowest BCUT2D eigenvalue weighted by Gasteiger charge is -2.13. The van der Waals surface area contributed by atoms with Crippen molar-refractivity contribution in [3.63, 3.8) is 0 Å². The van der Waals surface area contributed by atoms with Gasteiger partial charge < -0.3 is 5.73 Å². The van der Waals surface area contributed by atoms with Crippen molar-refractivity contribution in [3.05, 3.63) is 32.9 Å². The molecule has 0 atom stereocenters. The van der Waals surface area contributed by atoms with E-state index < -0.39 is 0 Å². The van der Waals surface area contributed by atoms with Gasteiger partial charge in [-0.1, -0.05) is 47.6 Å². The summed E-state index contributed by atoms with van der Waals surface area (Å²) < 4.78 is 0. The highest BCUT2D eigenvalue weighted by Crippen LogP contribution is 2.41. The maximum Gasteiger partial charge on any atom is 0.0928 e. The molecule has 1 aromatic heterocycles. The molecular formula is C14H13Cl3N2. The van der Waals surface area contributed by atoms with Crippen molar-refractivity contribution >= 4 is 51.4 Å². The van der Waals surface area contributed by atoms with E-state index in [1.165, 1.54) is 12.8 Å². The first kappa shape index (κ1) is 13.3. The van der Waals surface area contributed by atoms with Gasteiger partial charge in [0.05, 0.1) is 20.6 Å². The van der Waals surface area contributed by atoms with Crippen LogP contribution in [0.1, 0.15) is 37.3 Å². The zero-order valence-corrected chi connectivity index (χ0v) is 12.5. The number of nitrogens with two attached hydrogens (primary N) is 1. The summed E-state index contributed by atoms with van der Waals surface area (Å²) >= 11 is 18.5. The molecule has 0 amide bonds. The fourth-order valence-corrected chi connectivity index (χ4v) is 3.54. The molecule has 1 saturated carbocycles. The van der Waals surface area contributed by atoms with E-state index in [1.54, 1.807) is 6.07 Å². The molecule has 1 aromatic carbocycles. The molecule has 0 bridgehead atoms. The highest BCUT2D eigenvalue weighted by atomic mass is 35.5. The molecular weight excluding hydrogens is 303 g/mol. The lowest BCUT2D eigenvalue weighted by atomic mass is 10.0. The molecule has 0 spiro atoms. The number of pyridine rings is 1. The first-order valence-corrected chi connectivity index (χ1v) is 7.45. The molecule has 1 heterocycles. The second-order valence-electron chi connectivity index (χ2n) is 5.00. The molecule has 0 aliphatic heterocycles. The average Bonchev–Trinajstić information content (AvgIpc) is 2.89. The van der Waals surface area contributed by atoms with Gasteiger partial charge in [-0.2, -0.15) is 0 Å². The van der Waals surface area contributed by atoms with Gasteiger partial charge in [0.15, 0.2) is 0 Å². The molecule has 100 valence electrons. The normalized spacial score (nSPS) is 16.4. The van der Waals surface area contributed by atoms with E-state index in [0.29, 0.717) is 37.6 Å². The zero-order chi connectivity index (χ0) is 13.6. The van der Waals surface area contributed by atoms with Crippen LogP contribution in [0.15, 0.2) is 12.1 Å². The number of aromatic nitrogens is 1. The summed E-state index contributed by atoms with van der Waals surface area (Å²) in [5.41, 5.74) is 8.39. The predicted octanol–water partition coefficient (Wildman–Crippen LogP) is 5.43. The molecule has 0 saturated heterocycles. The minimum absolute atomic E-state index is 0.404. The highest BCUT2D eigenvalue weighted by Gasteiger charge is 2.21. The smallest absolute Gasteiger partial charge is 0.0928 e. The Labute approximate surface area is 126 Å². The number of benzene rings is 1. The van der Waals surface area contributed by atoms with Crippen LogP contribution < -0.4 is 5.73 Å². The predicted molar refractivity (Wildman–Crippen MR) is 82.4 cm³/mol. The number of anilines is 1. The van der Waals surface area contributed by atoms with Crippen molar-refractivity contribution in [1.82, 2.24) is 4.98 Å². The number of halogens is 3. The Kier molecular flexibility index (Phi) is 3.50. The number of rotatable bonds is 1. The number of hydrogen-bond donors (Lipinski definition) is 1. The Morgan fingerprint density at radius 2 is 1.74 bits per heavy atom. The summed E-state index contributed by atoms with van der Waals surface area (Å²) in [7, 11) is 0.